The average Bonchev–Trinajstić information content (AvgIpc) is 3.10. The molecule has 2 aromatic carbocycles. The first-order valence-corrected chi connectivity index (χ1v) is 10.2. The minimum absolute atomic E-state index is 0.0173. The van der Waals surface area contributed by atoms with Gasteiger partial charge < -0.3 is 5.73 Å². The summed E-state index contributed by atoms with van der Waals surface area (Å²) < 4.78 is 29.7. The lowest BCUT2D eigenvalue weighted by atomic mass is 10.0. The standard InChI is InChI=1S/C21H10BrCl2F2N3O2/c22-9-6-11-12(19(30)10-4-5-15(25)18(27)17(10)26)8-29(20(11)28-7-9)21(31)16-13(23)2-1-3-14(16)24/h1-8H,27H2. The summed E-state index contributed by atoms with van der Waals surface area (Å²) >= 11 is 15.6. The number of nitrogens with two attached hydrogens (primary N) is 1. The number of halogens is 5. The van der Waals surface area contributed by atoms with E-state index in [0.29, 0.717) is 4.47 Å². The Morgan fingerprint density at radius 2 is 1.74 bits per heavy atom. The Morgan fingerprint density at radius 1 is 1.06 bits per heavy atom. The first kappa shape index (κ1) is 21.4. The van der Waals surface area contributed by atoms with Crippen molar-refractivity contribution in [3.8, 4) is 0 Å². The lowest BCUT2D eigenvalue weighted by Crippen LogP contribution is -2.13. The Hall–Kier alpha value is -2.81. The molecule has 4 rings (SSSR count). The number of ketones is 1. The fourth-order valence-electron chi connectivity index (χ4n) is 3.13. The van der Waals surface area contributed by atoms with E-state index in [1.165, 1.54) is 24.5 Å². The lowest BCUT2D eigenvalue weighted by Gasteiger charge is -2.07. The van der Waals surface area contributed by atoms with Crippen LogP contribution in [0.25, 0.3) is 11.0 Å². The zero-order valence-corrected chi connectivity index (χ0v) is 18.4. The second kappa shape index (κ2) is 8.03. The van der Waals surface area contributed by atoms with Gasteiger partial charge >= 0.3 is 0 Å². The number of nitrogens with zero attached hydrogens (tertiary/aromatic N) is 2. The van der Waals surface area contributed by atoms with Gasteiger partial charge in [-0.3, -0.25) is 14.2 Å². The smallest absolute Gasteiger partial charge is 0.266 e. The number of carbonyl (C=O) groups excluding carboxylic acids is 2. The minimum Gasteiger partial charge on any atom is -0.394 e. The zero-order valence-electron chi connectivity index (χ0n) is 15.3. The topological polar surface area (TPSA) is 78.0 Å². The fraction of sp³-hybridized carbons (Fsp3) is 0. The van der Waals surface area contributed by atoms with Crippen LogP contribution in [-0.2, 0) is 0 Å². The largest absolute Gasteiger partial charge is 0.394 e. The molecule has 5 nitrogen and oxygen atoms in total. The normalized spacial score (nSPS) is 11.1. The molecule has 0 aliphatic heterocycles. The first-order valence-electron chi connectivity index (χ1n) is 8.64. The van der Waals surface area contributed by atoms with Crippen LogP contribution >= 0.6 is 39.1 Å². The molecule has 4 aromatic rings. The predicted octanol–water partition coefficient (Wildman–Crippen LogP) is 5.89. The van der Waals surface area contributed by atoms with E-state index >= 15 is 0 Å². The third-order valence-corrected chi connectivity index (χ3v) is 5.68. The van der Waals surface area contributed by atoms with Crippen molar-refractivity contribution < 1.29 is 18.4 Å². The maximum atomic E-state index is 14.5. The number of pyridine rings is 1. The molecule has 0 aliphatic rings. The number of benzene rings is 2. The molecule has 0 unspecified atom stereocenters. The van der Waals surface area contributed by atoms with Crippen LogP contribution in [0.5, 0.6) is 0 Å². The van der Waals surface area contributed by atoms with Gasteiger partial charge in [0.2, 0.25) is 0 Å². The summed E-state index contributed by atoms with van der Waals surface area (Å²) in [5, 5.41) is 0.488. The molecule has 0 saturated heterocycles. The van der Waals surface area contributed by atoms with Gasteiger partial charge in [-0.15, -0.1) is 0 Å². The summed E-state index contributed by atoms with van der Waals surface area (Å²) in [5.41, 5.74) is 4.28. The Labute approximate surface area is 192 Å². The van der Waals surface area contributed by atoms with Gasteiger partial charge in [-0.05, 0) is 46.3 Å². The van der Waals surface area contributed by atoms with Crippen LogP contribution in [0.15, 0.2) is 53.3 Å². The summed E-state index contributed by atoms with van der Waals surface area (Å²) in [7, 11) is 0. The second-order valence-corrected chi connectivity index (χ2v) is 8.22. The molecule has 2 aromatic heterocycles. The molecule has 2 N–H and O–H groups in total. The lowest BCUT2D eigenvalue weighted by molar-refractivity contribution is 0.0964. The quantitative estimate of drug-likeness (QED) is 0.268. The van der Waals surface area contributed by atoms with Crippen LogP contribution in [-0.4, -0.2) is 21.2 Å². The van der Waals surface area contributed by atoms with E-state index in [0.717, 1.165) is 16.7 Å². The highest BCUT2D eigenvalue weighted by molar-refractivity contribution is 9.10. The Kier molecular flexibility index (Phi) is 5.55. The fourth-order valence-corrected chi connectivity index (χ4v) is 4.02. The van der Waals surface area contributed by atoms with Crippen LogP contribution in [0.4, 0.5) is 14.5 Å². The molecule has 0 fully saturated rings. The number of rotatable bonds is 3. The average molecular weight is 525 g/mol. The van der Waals surface area contributed by atoms with Gasteiger partial charge in [-0.25, -0.2) is 13.8 Å². The van der Waals surface area contributed by atoms with E-state index in [2.05, 4.69) is 20.9 Å². The number of aromatic nitrogens is 2. The number of anilines is 1. The molecule has 2 heterocycles. The summed E-state index contributed by atoms with van der Waals surface area (Å²) in [6, 6.07) is 8.02. The van der Waals surface area contributed by atoms with Crippen molar-refractivity contribution in [3.05, 3.63) is 91.6 Å². The Balaban J connectivity index is 1.95. The molecule has 0 amide bonds. The number of carbonyl (C=O) groups is 2. The van der Waals surface area contributed by atoms with Gasteiger partial charge in [0.1, 0.15) is 17.2 Å². The zero-order chi connectivity index (χ0) is 22.4. The van der Waals surface area contributed by atoms with E-state index in [1.807, 2.05) is 0 Å². The van der Waals surface area contributed by atoms with Crippen molar-refractivity contribution in [2.24, 2.45) is 0 Å². The van der Waals surface area contributed by atoms with Gasteiger partial charge in [0, 0.05) is 22.3 Å². The van der Waals surface area contributed by atoms with Gasteiger partial charge in [0.15, 0.2) is 11.6 Å². The van der Waals surface area contributed by atoms with Gasteiger partial charge in [0.05, 0.1) is 26.7 Å². The molecule has 0 saturated carbocycles. The number of hydrogen-bond acceptors (Lipinski definition) is 4. The van der Waals surface area contributed by atoms with Crippen LogP contribution in [0.1, 0.15) is 26.3 Å². The van der Waals surface area contributed by atoms with Crippen LogP contribution in [0, 0.1) is 11.6 Å². The maximum Gasteiger partial charge on any atom is 0.266 e. The molecule has 0 aliphatic carbocycles. The molecule has 31 heavy (non-hydrogen) atoms. The van der Waals surface area contributed by atoms with Crippen LogP contribution < -0.4 is 5.73 Å². The Morgan fingerprint density at radius 3 is 2.42 bits per heavy atom. The molecule has 0 bridgehead atoms. The predicted molar refractivity (Wildman–Crippen MR) is 118 cm³/mol. The van der Waals surface area contributed by atoms with Crippen molar-refractivity contribution in [2.75, 3.05) is 5.73 Å². The van der Waals surface area contributed by atoms with Crippen molar-refractivity contribution >= 4 is 67.5 Å². The molecular weight excluding hydrogens is 515 g/mol. The van der Waals surface area contributed by atoms with E-state index in [9.17, 15) is 18.4 Å². The SMILES string of the molecule is Nc1c(F)ccc(C(=O)c2cn(C(=O)c3c(Cl)cccc3Cl)c3ncc(Br)cc23)c1F. The molecule has 0 atom stereocenters. The number of nitrogen functional groups attached to an aromatic ring is 1. The highest BCUT2D eigenvalue weighted by Gasteiger charge is 2.26. The van der Waals surface area contributed by atoms with E-state index in [-0.39, 0.29) is 32.2 Å². The van der Waals surface area contributed by atoms with Gasteiger partial charge in [-0.2, -0.15) is 0 Å². The summed E-state index contributed by atoms with van der Waals surface area (Å²) in [4.78, 5) is 30.6. The van der Waals surface area contributed by atoms with Crippen LogP contribution in [0.2, 0.25) is 10.0 Å². The van der Waals surface area contributed by atoms with Crippen molar-refractivity contribution in [1.82, 2.24) is 9.55 Å². The molecular formula is C21H10BrCl2F2N3O2. The molecule has 0 radical (unpaired) electrons. The third-order valence-electron chi connectivity index (χ3n) is 4.62. The molecule has 10 heteroatoms. The van der Waals surface area contributed by atoms with E-state index in [1.54, 1.807) is 12.1 Å². The summed E-state index contributed by atoms with van der Waals surface area (Å²) in [6.45, 7) is 0. The van der Waals surface area contributed by atoms with Crippen molar-refractivity contribution in [2.45, 2.75) is 0 Å². The second-order valence-electron chi connectivity index (χ2n) is 6.49. The third kappa shape index (κ3) is 3.60. The van der Waals surface area contributed by atoms with Crippen molar-refractivity contribution in [1.29, 1.82) is 0 Å². The highest BCUT2D eigenvalue weighted by atomic mass is 79.9. The van der Waals surface area contributed by atoms with Gasteiger partial charge in [-0.1, -0.05) is 29.3 Å². The summed E-state index contributed by atoms with van der Waals surface area (Å²) in [5.74, 6) is -3.60. The van der Waals surface area contributed by atoms with E-state index < -0.39 is 34.6 Å². The van der Waals surface area contributed by atoms with E-state index in [4.69, 9.17) is 28.9 Å². The number of fused-ring (bicyclic) bond motifs is 1. The van der Waals surface area contributed by atoms with Crippen LogP contribution in [0.3, 0.4) is 0 Å². The summed E-state index contributed by atoms with van der Waals surface area (Å²) in [6.07, 6.45) is 2.65. The minimum atomic E-state index is -1.19. The molecule has 0 spiro atoms. The maximum absolute atomic E-state index is 14.5. The monoisotopic (exact) mass is 523 g/mol. The van der Waals surface area contributed by atoms with Gasteiger partial charge in [0.25, 0.3) is 5.91 Å². The first-order chi connectivity index (χ1) is 14.7. The number of hydrogen-bond donors (Lipinski definition) is 1. The van der Waals surface area contributed by atoms with Crippen molar-refractivity contribution in [3.63, 3.8) is 0 Å². The molecule has 156 valence electrons. The Bertz CT molecular complexity index is 1390. The highest BCUT2D eigenvalue weighted by Crippen LogP contribution is 2.31.